The predicted molar refractivity (Wildman–Crippen MR) is 170 cm³/mol. The fraction of sp³-hybridized carbons (Fsp3) is 0.548. The van der Waals surface area contributed by atoms with Gasteiger partial charge in [-0.3, -0.25) is 29.6 Å². The first-order valence-corrected chi connectivity index (χ1v) is 15.6. The van der Waals surface area contributed by atoms with E-state index in [0.717, 1.165) is 0 Å². The van der Waals surface area contributed by atoms with Crippen LogP contribution in [0.25, 0.3) is 0 Å². The smallest absolute Gasteiger partial charge is 0.351 e. The van der Waals surface area contributed by atoms with Gasteiger partial charge in [0.2, 0.25) is 11.8 Å². The number of nitrogens with zero attached hydrogens (tertiary/aromatic N) is 3. The minimum Gasteiger partial charge on any atom is -0.497 e. The zero-order valence-corrected chi connectivity index (χ0v) is 27.9. The summed E-state index contributed by atoms with van der Waals surface area (Å²) >= 11 is 0. The fourth-order valence-electron chi connectivity index (χ4n) is 4.90. The Hall–Kier alpha value is -4.41. The molecule has 2 aromatic rings. The molecule has 0 bridgehead atoms. The summed E-state index contributed by atoms with van der Waals surface area (Å²) in [6.45, 7) is 13.7. The van der Waals surface area contributed by atoms with E-state index in [0.29, 0.717) is 16.3 Å². The fourth-order valence-corrected chi connectivity index (χ4v) is 4.90. The molecular formula is C31H45FN6O9. The molecule has 3 aliphatic heterocycles. The van der Waals surface area contributed by atoms with E-state index in [1.165, 1.54) is 37.5 Å². The van der Waals surface area contributed by atoms with Crippen molar-refractivity contribution in [2.45, 2.75) is 105 Å². The van der Waals surface area contributed by atoms with Crippen molar-refractivity contribution in [3.05, 3.63) is 45.8 Å². The number of carbonyl (C=O) groups excluding carboxylic acids is 4. The molecule has 15 nitrogen and oxygen atoms in total. The molecule has 1 aromatic carbocycles. The molecule has 47 heavy (non-hydrogen) atoms. The van der Waals surface area contributed by atoms with Gasteiger partial charge in [0, 0.05) is 24.6 Å². The van der Waals surface area contributed by atoms with Crippen LogP contribution in [0.4, 0.5) is 20.7 Å². The SMILES string of the molecule is CC.CC.CCC.COc1cc(NC(=O)Nc2nc(=O)n(C3OC(C)C(O)C3O)cc2F)c2c(c1)C(=O)N(C1CCC(=O)NC1=O)C2. The molecule has 4 heterocycles. The van der Waals surface area contributed by atoms with Gasteiger partial charge in [-0.05, 0) is 19.4 Å². The third-order valence-corrected chi connectivity index (χ3v) is 7.00. The number of imide groups is 1. The molecule has 2 fully saturated rings. The molecule has 5 atom stereocenters. The first-order chi connectivity index (χ1) is 22.4. The predicted octanol–water partition coefficient (Wildman–Crippen LogP) is 2.90. The maximum absolute atomic E-state index is 14.8. The Balaban J connectivity index is 0.00000102. The molecule has 3 aliphatic rings. The second-order valence-electron chi connectivity index (χ2n) is 10.2. The van der Waals surface area contributed by atoms with Crippen molar-refractivity contribution in [1.82, 2.24) is 19.8 Å². The van der Waals surface area contributed by atoms with Crippen molar-refractivity contribution in [1.29, 1.82) is 0 Å². The molecule has 5 N–H and O–H groups in total. The number of hydrogen-bond donors (Lipinski definition) is 5. The van der Waals surface area contributed by atoms with Crippen LogP contribution in [-0.4, -0.2) is 79.9 Å². The molecule has 0 spiro atoms. The molecule has 1 aromatic heterocycles. The molecule has 0 aliphatic carbocycles. The second kappa shape index (κ2) is 17.5. The maximum Gasteiger partial charge on any atom is 0.351 e. The van der Waals surface area contributed by atoms with Gasteiger partial charge in [-0.25, -0.2) is 14.0 Å². The van der Waals surface area contributed by atoms with Gasteiger partial charge in [-0.15, -0.1) is 0 Å². The third kappa shape index (κ3) is 8.69. The van der Waals surface area contributed by atoms with E-state index in [-0.39, 0.29) is 36.4 Å². The number of methoxy groups -OCH3 is 1. The number of carbonyl (C=O) groups is 4. The Labute approximate surface area is 272 Å². The Morgan fingerprint density at radius 1 is 1.11 bits per heavy atom. The number of piperidine rings is 1. The second-order valence-corrected chi connectivity index (χ2v) is 10.2. The van der Waals surface area contributed by atoms with Gasteiger partial charge in [-0.1, -0.05) is 48.0 Å². The summed E-state index contributed by atoms with van der Waals surface area (Å²) in [4.78, 5) is 67.1. The molecule has 0 radical (unpaired) electrons. The molecule has 16 heteroatoms. The van der Waals surface area contributed by atoms with Gasteiger partial charge in [0.15, 0.2) is 17.9 Å². The number of amides is 5. The van der Waals surface area contributed by atoms with E-state index in [9.17, 15) is 38.6 Å². The highest BCUT2D eigenvalue weighted by Gasteiger charge is 2.43. The molecule has 2 saturated heterocycles. The normalized spacial score (nSPS) is 22.7. The monoisotopic (exact) mass is 664 g/mol. The Morgan fingerprint density at radius 2 is 1.74 bits per heavy atom. The number of aliphatic hydroxyl groups excluding tert-OH is 2. The number of rotatable bonds is 5. The van der Waals surface area contributed by atoms with E-state index >= 15 is 0 Å². The number of ether oxygens (including phenoxy) is 2. The molecule has 0 saturated carbocycles. The minimum absolute atomic E-state index is 0.0588. The lowest BCUT2D eigenvalue weighted by Crippen LogP contribution is -2.52. The number of halogens is 1. The van der Waals surface area contributed by atoms with E-state index in [1.807, 2.05) is 27.7 Å². The molecule has 5 amide bonds. The van der Waals surface area contributed by atoms with E-state index in [2.05, 4.69) is 34.8 Å². The first kappa shape index (κ1) is 38.8. The highest BCUT2D eigenvalue weighted by molar-refractivity contribution is 6.08. The number of nitrogens with one attached hydrogen (secondary N) is 3. The van der Waals surface area contributed by atoms with Gasteiger partial charge in [0.05, 0.1) is 30.7 Å². The zero-order valence-electron chi connectivity index (χ0n) is 27.9. The lowest BCUT2D eigenvalue weighted by molar-refractivity contribution is -0.136. The first-order valence-electron chi connectivity index (χ1n) is 15.6. The van der Waals surface area contributed by atoms with E-state index in [1.54, 1.807) is 0 Å². The summed E-state index contributed by atoms with van der Waals surface area (Å²) in [6, 6.07) is 0.978. The van der Waals surface area contributed by atoms with Crippen LogP contribution in [0.15, 0.2) is 23.1 Å². The van der Waals surface area contributed by atoms with Crippen LogP contribution in [0.3, 0.4) is 0 Å². The van der Waals surface area contributed by atoms with Crippen LogP contribution in [0.5, 0.6) is 5.75 Å². The average Bonchev–Trinajstić information content (AvgIpc) is 3.51. The van der Waals surface area contributed by atoms with Crippen molar-refractivity contribution in [3.63, 3.8) is 0 Å². The van der Waals surface area contributed by atoms with Gasteiger partial charge < -0.3 is 29.9 Å². The number of urea groups is 1. The van der Waals surface area contributed by atoms with Crippen molar-refractivity contribution in [3.8, 4) is 5.75 Å². The lowest BCUT2D eigenvalue weighted by Gasteiger charge is -2.29. The molecular weight excluding hydrogens is 619 g/mol. The highest BCUT2D eigenvalue weighted by atomic mass is 19.1. The number of fused-ring (bicyclic) bond motifs is 1. The number of hydrogen-bond acceptors (Lipinski definition) is 10. The summed E-state index contributed by atoms with van der Waals surface area (Å²) in [5.41, 5.74) is -0.420. The average molecular weight is 665 g/mol. The summed E-state index contributed by atoms with van der Waals surface area (Å²) in [6.07, 6.45) is -2.87. The minimum atomic E-state index is -1.51. The van der Waals surface area contributed by atoms with Gasteiger partial charge in [0.25, 0.3) is 5.91 Å². The number of benzene rings is 1. The van der Waals surface area contributed by atoms with Crippen LogP contribution in [0.2, 0.25) is 0 Å². The summed E-state index contributed by atoms with van der Waals surface area (Å²) in [5.74, 6) is -3.17. The van der Waals surface area contributed by atoms with E-state index < -0.39 is 71.7 Å². The van der Waals surface area contributed by atoms with Gasteiger partial charge in [0.1, 0.15) is 24.0 Å². The summed E-state index contributed by atoms with van der Waals surface area (Å²) in [5, 5.41) is 26.8. The van der Waals surface area contributed by atoms with Crippen molar-refractivity contribution in [2.24, 2.45) is 0 Å². The van der Waals surface area contributed by atoms with Gasteiger partial charge in [-0.2, -0.15) is 4.98 Å². The Morgan fingerprint density at radius 3 is 2.30 bits per heavy atom. The largest absolute Gasteiger partial charge is 0.497 e. The Kier molecular flexibility index (Phi) is 14.4. The van der Waals surface area contributed by atoms with Crippen LogP contribution < -0.4 is 26.4 Å². The van der Waals surface area contributed by atoms with E-state index in [4.69, 9.17) is 9.47 Å². The summed E-state index contributed by atoms with van der Waals surface area (Å²) in [7, 11) is 1.35. The van der Waals surface area contributed by atoms with Crippen LogP contribution in [-0.2, 0) is 20.9 Å². The summed E-state index contributed by atoms with van der Waals surface area (Å²) < 4.78 is 26.0. The highest BCUT2D eigenvalue weighted by Crippen LogP contribution is 2.36. The number of aliphatic hydroxyl groups is 2. The molecule has 5 rings (SSSR count). The number of anilines is 2. The standard InChI is InChI=1S/C24H25FN6O9.C3H8.2C2H6/c1-9-17(33)18(34)22(40-9)31-8-13(25)19(29-24(31)38)28-23(37)26-14-6-10(39-2)5-11-12(14)7-30(21(11)36)15-3-4-16(32)27-20(15)35;1-3-2;2*1-2/h5-6,8-9,15,17-18,22,33-34H,3-4,7H2,1-2H3,(H,27,32,35)(H2,26,28,29,37,38);3H2,1-2H3;2*1-2H3. The van der Waals surface area contributed by atoms with Crippen LogP contribution >= 0.6 is 0 Å². The quantitative estimate of drug-likeness (QED) is 0.296. The lowest BCUT2D eigenvalue weighted by atomic mass is 10.0. The molecule has 260 valence electrons. The molecule has 5 unspecified atom stereocenters. The van der Waals surface area contributed by atoms with Crippen molar-refractivity contribution in [2.75, 3.05) is 17.7 Å². The van der Waals surface area contributed by atoms with Crippen LogP contribution in [0, 0.1) is 5.82 Å². The van der Waals surface area contributed by atoms with Gasteiger partial charge >= 0.3 is 11.7 Å². The van der Waals surface area contributed by atoms with Crippen LogP contribution in [0.1, 0.15) is 89.9 Å². The van der Waals surface area contributed by atoms with Crippen molar-refractivity contribution < 1.29 is 43.3 Å². The topological polar surface area (TPSA) is 201 Å². The number of aromatic nitrogens is 2. The maximum atomic E-state index is 14.8. The Bertz CT molecular complexity index is 1500. The third-order valence-electron chi connectivity index (χ3n) is 7.00. The van der Waals surface area contributed by atoms with Crippen molar-refractivity contribution >= 4 is 35.3 Å². The zero-order chi connectivity index (χ0) is 35.6.